The molecule has 0 heterocycles. The Balaban J connectivity index is 0. The summed E-state index contributed by atoms with van der Waals surface area (Å²) in [6.07, 6.45) is 1.17. The highest BCUT2D eigenvalue weighted by Gasteiger charge is 2.01. The van der Waals surface area contributed by atoms with Crippen LogP contribution in [0.4, 0.5) is 0 Å². The van der Waals surface area contributed by atoms with Crippen LogP contribution >= 0.6 is 24.0 Å². The molecule has 0 spiro atoms. The van der Waals surface area contributed by atoms with Crippen LogP contribution in [-0.4, -0.2) is 65.6 Å². The molecule has 0 aromatic rings. The second-order valence-electron chi connectivity index (χ2n) is 3.97. The number of methoxy groups -OCH3 is 2. The van der Waals surface area contributed by atoms with Crippen LogP contribution < -0.4 is 10.6 Å². The number of hydrogen-bond donors (Lipinski definition) is 2. The first-order valence-corrected chi connectivity index (χ1v) is 6.90. The highest BCUT2D eigenvalue weighted by molar-refractivity contribution is 14.0. The van der Waals surface area contributed by atoms with Crippen molar-refractivity contribution in [1.82, 2.24) is 10.6 Å². The zero-order valence-electron chi connectivity index (χ0n) is 13.1. The van der Waals surface area contributed by atoms with E-state index in [-0.39, 0.29) is 29.9 Å². The van der Waals surface area contributed by atoms with E-state index in [1.807, 2.05) is 6.92 Å². The van der Waals surface area contributed by atoms with Gasteiger partial charge in [0.25, 0.3) is 0 Å². The predicted molar refractivity (Wildman–Crippen MR) is 93.3 cm³/mol. The van der Waals surface area contributed by atoms with Crippen LogP contribution in [0.3, 0.4) is 0 Å². The van der Waals surface area contributed by atoms with Crippen molar-refractivity contribution in [3.05, 3.63) is 0 Å². The van der Waals surface area contributed by atoms with Gasteiger partial charge in [-0.05, 0) is 13.3 Å². The molecule has 0 radical (unpaired) electrons. The van der Waals surface area contributed by atoms with E-state index in [4.69, 9.17) is 9.47 Å². The summed E-state index contributed by atoms with van der Waals surface area (Å²) in [5, 5.41) is 6.19. The lowest BCUT2D eigenvalue weighted by Gasteiger charge is -2.10. The summed E-state index contributed by atoms with van der Waals surface area (Å²) in [7, 11) is 3.03. The number of hydrogen-bond acceptors (Lipinski definition) is 5. The molecule has 2 N–H and O–H groups in total. The molecule has 0 amide bonds. The zero-order chi connectivity index (χ0) is 15.1. The Morgan fingerprint density at radius 1 is 1.14 bits per heavy atom. The first kappa shape index (κ1) is 22.7. The van der Waals surface area contributed by atoms with Crippen LogP contribution in [0.2, 0.25) is 0 Å². The molecular weight excluding hydrogens is 389 g/mol. The highest BCUT2D eigenvalue weighted by Crippen LogP contribution is 1.86. The number of halogens is 1. The SMILES string of the molecule is CCNC(=NCCCOCCOC)NCCC(=O)OC.I. The molecule has 0 bridgehead atoms. The molecule has 0 atom stereocenters. The Bertz CT molecular complexity index is 278. The van der Waals surface area contributed by atoms with E-state index >= 15 is 0 Å². The molecule has 0 saturated carbocycles. The van der Waals surface area contributed by atoms with Crippen LogP contribution in [-0.2, 0) is 19.0 Å². The van der Waals surface area contributed by atoms with Gasteiger partial charge in [-0.25, -0.2) is 0 Å². The maximum absolute atomic E-state index is 11.0. The quantitative estimate of drug-likeness (QED) is 0.170. The van der Waals surface area contributed by atoms with Gasteiger partial charge in [-0.2, -0.15) is 0 Å². The first-order chi connectivity index (χ1) is 9.74. The fraction of sp³-hybridized carbons (Fsp3) is 0.846. The van der Waals surface area contributed by atoms with Gasteiger partial charge in [-0.15, -0.1) is 24.0 Å². The molecule has 0 fully saturated rings. The number of rotatable bonds is 11. The van der Waals surface area contributed by atoms with E-state index < -0.39 is 0 Å². The van der Waals surface area contributed by atoms with Crippen molar-refractivity contribution >= 4 is 35.9 Å². The standard InChI is InChI=1S/C13H27N3O4.HI/c1-4-14-13(16-8-6-12(17)19-3)15-7-5-9-20-11-10-18-2;/h4-11H2,1-3H3,(H2,14,15,16);1H. The van der Waals surface area contributed by atoms with Gasteiger partial charge in [-0.1, -0.05) is 0 Å². The lowest BCUT2D eigenvalue weighted by molar-refractivity contribution is -0.140. The number of nitrogens with zero attached hydrogens (tertiary/aromatic N) is 1. The molecule has 0 aromatic carbocycles. The molecule has 0 saturated heterocycles. The number of ether oxygens (including phenoxy) is 3. The monoisotopic (exact) mass is 417 g/mol. The van der Waals surface area contributed by atoms with Crippen LogP contribution in [0.1, 0.15) is 19.8 Å². The Hall–Kier alpha value is -0.610. The molecule has 0 unspecified atom stereocenters. The van der Waals surface area contributed by atoms with Crippen LogP contribution in [0.15, 0.2) is 4.99 Å². The van der Waals surface area contributed by atoms with Crippen LogP contribution in [0.5, 0.6) is 0 Å². The van der Waals surface area contributed by atoms with E-state index in [2.05, 4.69) is 20.4 Å². The van der Waals surface area contributed by atoms with Gasteiger partial charge in [0.05, 0.1) is 26.7 Å². The van der Waals surface area contributed by atoms with E-state index in [0.29, 0.717) is 45.3 Å². The second kappa shape index (κ2) is 17.4. The van der Waals surface area contributed by atoms with E-state index in [9.17, 15) is 4.79 Å². The third kappa shape index (κ3) is 15.6. The minimum absolute atomic E-state index is 0. The normalized spacial score (nSPS) is 10.7. The summed E-state index contributed by atoms with van der Waals surface area (Å²) >= 11 is 0. The second-order valence-corrected chi connectivity index (χ2v) is 3.97. The average molecular weight is 417 g/mol. The molecular formula is C13H28IN3O4. The largest absolute Gasteiger partial charge is 0.469 e. The van der Waals surface area contributed by atoms with Gasteiger partial charge in [0.2, 0.25) is 0 Å². The van der Waals surface area contributed by atoms with Crippen molar-refractivity contribution in [3.63, 3.8) is 0 Å². The third-order valence-electron chi connectivity index (χ3n) is 2.34. The molecule has 126 valence electrons. The van der Waals surface area contributed by atoms with Gasteiger partial charge in [0.1, 0.15) is 0 Å². The maximum atomic E-state index is 11.0. The summed E-state index contributed by atoms with van der Waals surface area (Å²) in [5.41, 5.74) is 0. The number of carbonyl (C=O) groups is 1. The molecule has 0 aromatic heterocycles. The van der Waals surface area contributed by atoms with Crippen molar-refractivity contribution in [2.45, 2.75) is 19.8 Å². The van der Waals surface area contributed by atoms with Crippen LogP contribution in [0.25, 0.3) is 0 Å². The van der Waals surface area contributed by atoms with Gasteiger partial charge in [-0.3, -0.25) is 9.79 Å². The van der Waals surface area contributed by atoms with Crippen molar-refractivity contribution in [3.8, 4) is 0 Å². The molecule has 0 aliphatic rings. The topological polar surface area (TPSA) is 81.2 Å². The number of carbonyl (C=O) groups excluding carboxylic acids is 1. The lowest BCUT2D eigenvalue weighted by atomic mass is 10.4. The van der Waals surface area contributed by atoms with Crippen molar-refractivity contribution in [1.29, 1.82) is 0 Å². The Labute approximate surface area is 144 Å². The number of guanidine groups is 1. The van der Waals surface area contributed by atoms with Crippen molar-refractivity contribution < 1.29 is 19.0 Å². The summed E-state index contributed by atoms with van der Waals surface area (Å²) in [6, 6.07) is 0. The molecule has 7 nitrogen and oxygen atoms in total. The minimum atomic E-state index is -0.236. The van der Waals surface area contributed by atoms with Gasteiger partial charge < -0.3 is 24.8 Å². The molecule has 0 aliphatic carbocycles. The fourth-order valence-corrected chi connectivity index (χ4v) is 1.33. The number of aliphatic imine (C=N–C) groups is 1. The fourth-order valence-electron chi connectivity index (χ4n) is 1.33. The van der Waals surface area contributed by atoms with E-state index in [1.165, 1.54) is 7.11 Å². The third-order valence-corrected chi connectivity index (χ3v) is 2.34. The number of esters is 1. The summed E-state index contributed by atoms with van der Waals surface area (Å²) in [4.78, 5) is 15.4. The Morgan fingerprint density at radius 3 is 2.52 bits per heavy atom. The maximum Gasteiger partial charge on any atom is 0.307 e. The predicted octanol–water partition coefficient (Wildman–Crippen LogP) is 0.776. The summed E-state index contributed by atoms with van der Waals surface area (Å²) in [5.74, 6) is 0.466. The average Bonchev–Trinajstić information content (AvgIpc) is 2.46. The summed E-state index contributed by atoms with van der Waals surface area (Å²) < 4.78 is 14.8. The number of nitrogens with one attached hydrogen (secondary N) is 2. The van der Waals surface area contributed by atoms with Crippen molar-refractivity contribution in [2.24, 2.45) is 4.99 Å². The Morgan fingerprint density at radius 2 is 1.90 bits per heavy atom. The van der Waals surface area contributed by atoms with Gasteiger partial charge >= 0.3 is 5.97 Å². The van der Waals surface area contributed by atoms with Gasteiger partial charge in [0, 0.05) is 33.4 Å². The van der Waals surface area contributed by atoms with Crippen LogP contribution in [0, 0.1) is 0 Å². The summed E-state index contributed by atoms with van der Waals surface area (Å²) in [6.45, 7) is 5.82. The van der Waals surface area contributed by atoms with Gasteiger partial charge in [0.15, 0.2) is 5.96 Å². The lowest BCUT2D eigenvalue weighted by Crippen LogP contribution is -2.38. The smallest absolute Gasteiger partial charge is 0.307 e. The molecule has 0 aliphatic heterocycles. The minimum Gasteiger partial charge on any atom is -0.469 e. The van der Waals surface area contributed by atoms with E-state index in [1.54, 1.807) is 7.11 Å². The van der Waals surface area contributed by atoms with E-state index in [0.717, 1.165) is 13.0 Å². The highest BCUT2D eigenvalue weighted by atomic mass is 127. The first-order valence-electron chi connectivity index (χ1n) is 6.90. The molecule has 21 heavy (non-hydrogen) atoms. The molecule has 0 rings (SSSR count). The molecule has 8 heteroatoms. The zero-order valence-corrected chi connectivity index (χ0v) is 15.5. The van der Waals surface area contributed by atoms with Crippen molar-refractivity contribution in [2.75, 3.05) is 53.7 Å². The Kier molecular flexibility index (Phi) is 18.8.